The zero-order valence-corrected chi connectivity index (χ0v) is 11.0. The lowest BCUT2D eigenvalue weighted by atomic mass is 10.2. The van der Waals surface area contributed by atoms with Crippen molar-refractivity contribution in [3.05, 3.63) is 53.6 Å². The summed E-state index contributed by atoms with van der Waals surface area (Å²) in [5.74, 6) is 0.332. The van der Waals surface area contributed by atoms with Crippen LogP contribution in [0.15, 0.2) is 42.5 Å². The van der Waals surface area contributed by atoms with Gasteiger partial charge in [-0.05, 0) is 42.0 Å². The molecular weight excluding hydrogens is 258 g/mol. The summed E-state index contributed by atoms with van der Waals surface area (Å²) in [5, 5.41) is 9.18. The summed E-state index contributed by atoms with van der Waals surface area (Å²) in [6.07, 6.45) is 0. The number of carbonyl (C=O) groups is 1. The summed E-state index contributed by atoms with van der Waals surface area (Å²) >= 11 is 0. The van der Waals surface area contributed by atoms with Gasteiger partial charge in [-0.2, -0.15) is 0 Å². The van der Waals surface area contributed by atoms with Crippen LogP contribution in [0.3, 0.4) is 0 Å². The lowest BCUT2D eigenvalue weighted by Gasteiger charge is -2.10. The molecular formula is C15H15NO4. The van der Waals surface area contributed by atoms with Crippen LogP contribution in [0.25, 0.3) is 0 Å². The average molecular weight is 273 g/mol. The van der Waals surface area contributed by atoms with E-state index in [1.165, 1.54) is 31.4 Å². The van der Waals surface area contributed by atoms with E-state index in [1.54, 1.807) is 18.2 Å². The summed E-state index contributed by atoms with van der Waals surface area (Å²) in [5.41, 5.74) is 6.76. The van der Waals surface area contributed by atoms with Gasteiger partial charge in [0, 0.05) is 6.54 Å². The maximum absolute atomic E-state index is 12.0. The van der Waals surface area contributed by atoms with Crippen molar-refractivity contribution in [1.82, 2.24) is 0 Å². The van der Waals surface area contributed by atoms with E-state index in [2.05, 4.69) is 0 Å². The number of esters is 1. The molecule has 5 heteroatoms. The fourth-order valence-corrected chi connectivity index (χ4v) is 1.68. The van der Waals surface area contributed by atoms with E-state index < -0.39 is 5.97 Å². The van der Waals surface area contributed by atoms with Crippen LogP contribution < -0.4 is 15.2 Å². The third-order valence-corrected chi connectivity index (χ3v) is 2.77. The SMILES string of the molecule is COc1cc(CN)ccc1OC(=O)c1ccc(O)cc1. The fourth-order valence-electron chi connectivity index (χ4n) is 1.68. The van der Waals surface area contributed by atoms with Gasteiger partial charge in [0.15, 0.2) is 11.5 Å². The Hall–Kier alpha value is -2.53. The second-order valence-electron chi connectivity index (χ2n) is 4.13. The number of methoxy groups -OCH3 is 1. The Morgan fingerprint density at radius 3 is 2.45 bits per heavy atom. The molecule has 0 bridgehead atoms. The number of ether oxygens (including phenoxy) is 2. The minimum absolute atomic E-state index is 0.0893. The third-order valence-electron chi connectivity index (χ3n) is 2.77. The molecule has 0 heterocycles. The molecule has 3 N–H and O–H groups in total. The van der Waals surface area contributed by atoms with Gasteiger partial charge < -0.3 is 20.3 Å². The van der Waals surface area contributed by atoms with Crippen molar-refractivity contribution >= 4 is 5.97 Å². The Morgan fingerprint density at radius 2 is 1.85 bits per heavy atom. The molecule has 104 valence electrons. The normalized spacial score (nSPS) is 10.1. The van der Waals surface area contributed by atoms with Crippen LogP contribution in [0.4, 0.5) is 0 Å². The highest BCUT2D eigenvalue weighted by Crippen LogP contribution is 2.28. The molecule has 0 spiro atoms. The van der Waals surface area contributed by atoms with Crippen LogP contribution >= 0.6 is 0 Å². The van der Waals surface area contributed by atoms with E-state index in [9.17, 15) is 9.90 Å². The molecule has 0 unspecified atom stereocenters. The lowest BCUT2D eigenvalue weighted by Crippen LogP contribution is -2.09. The molecule has 0 saturated heterocycles. The molecule has 0 fully saturated rings. The summed E-state index contributed by atoms with van der Waals surface area (Å²) in [7, 11) is 1.49. The number of hydrogen-bond donors (Lipinski definition) is 2. The van der Waals surface area contributed by atoms with E-state index >= 15 is 0 Å². The first-order chi connectivity index (χ1) is 9.63. The second kappa shape index (κ2) is 6.08. The first kappa shape index (κ1) is 13.9. The maximum atomic E-state index is 12.0. The van der Waals surface area contributed by atoms with E-state index in [-0.39, 0.29) is 5.75 Å². The molecule has 0 radical (unpaired) electrons. The Morgan fingerprint density at radius 1 is 1.15 bits per heavy atom. The molecule has 2 rings (SSSR count). The minimum Gasteiger partial charge on any atom is -0.508 e. The lowest BCUT2D eigenvalue weighted by molar-refractivity contribution is 0.0729. The monoisotopic (exact) mass is 273 g/mol. The number of hydrogen-bond acceptors (Lipinski definition) is 5. The molecule has 0 aliphatic rings. The predicted octanol–water partition coefficient (Wildman–Crippen LogP) is 2.08. The summed E-state index contributed by atoms with van der Waals surface area (Å²) in [6.45, 7) is 0.378. The number of nitrogens with two attached hydrogens (primary N) is 1. The average Bonchev–Trinajstić information content (AvgIpc) is 2.48. The molecule has 20 heavy (non-hydrogen) atoms. The van der Waals surface area contributed by atoms with Gasteiger partial charge in [0.2, 0.25) is 0 Å². The fraction of sp³-hybridized carbons (Fsp3) is 0.133. The number of benzene rings is 2. The van der Waals surface area contributed by atoms with Gasteiger partial charge in [-0.15, -0.1) is 0 Å². The van der Waals surface area contributed by atoms with Gasteiger partial charge in [-0.1, -0.05) is 6.07 Å². The first-order valence-corrected chi connectivity index (χ1v) is 6.02. The van der Waals surface area contributed by atoms with Crippen LogP contribution in [0.1, 0.15) is 15.9 Å². The second-order valence-corrected chi connectivity index (χ2v) is 4.13. The molecule has 0 aromatic heterocycles. The topological polar surface area (TPSA) is 81.8 Å². The summed E-state index contributed by atoms with van der Waals surface area (Å²) in [4.78, 5) is 12.0. The largest absolute Gasteiger partial charge is 0.508 e. The number of phenols is 1. The van der Waals surface area contributed by atoms with Crippen LogP contribution in [0.5, 0.6) is 17.2 Å². The van der Waals surface area contributed by atoms with Gasteiger partial charge in [0.05, 0.1) is 12.7 Å². The third kappa shape index (κ3) is 3.07. The van der Waals surface area contributed by atoms with Gasteiger partial charge >= 0.3 is 5.97 Å². The Labute approximate surface area is 116 Å². The molecule has 0 aliphatic carbocycles. The molecule has 0 aliphatic heterocycles. The van der Waals surface area contributed by atoms with Crippen molar-refractivity contribution in [2.45, 2.75) is 6.54 Å². The van der Waals surface area contributed by atoms with E-state index in [1.807, 2.05) is 0 Å². The Bertz CT molecular complexity index is 608. The van der Waals surface area contributed by atoms with Crippen molar-refractivity contribution in [2.75, 3.05) is 7.11 Å². The first-order valence-electron chi connectivity index (χ1n) is 6.02. The Balaban J connectivity index is 2.21. The molecule has 0 atom stereocenters. The zero-order valence-electron chi connectivity index (χ0n) is 11.0. The quantitative estimate of drug-likeness (QED) is 0.658. The standard InChI is InChI=1S/C15H15NO4/c1-19-14-8-10(9-16)2-7-13(14)20-15(18)11-3-5-12(17)6-4-11/h2-8,17H,9,16H2,1H3. The van der Waals surface area contributed by atoms with Crippen LogP contribution in [-0.2, 0) is 6.54 Å². The van der Waals surface area contributed by atoms with Crippen LogP contribution in [-0.4, -0.2) is 18.2 Å². The maximum Gasteiger partial charge on any atom is 0.343 e. The highest BCUT2D eigenvalue weighted by molar-refractivity contribution is 5.91. The minimum atomic E-state index is -0.524. The molecule has 2 aromatic rings. The van der Waals surface area contributed by atoms with Gasteiger partial charge in [-0.25, -0.2) is 4.79 Å². The van der Waals surface area contributed by atoms with Crippen molar-refractivity contribution in [3.8, 4) is 17.2 Å². The predicted molar refractivity (Wildman–Crippen MR) is 74.0 cm³/mol. The van der Waals surface area contributed by atoms with Crippen molar-refractivity contribution in [1.29, 1.82) is 0 Å². The van der Waals surface area contributed by atoms with E-state index in [0.717, 1.165) is 5.56 Å². The summed E-state index contributed by atoms with van der Waals surface area (Å²) in [6, 6.07) is 10.9. The number of carbonyl (C=O) groups excluding carboxylic acids is 1. The molecule has 0 amide bonds. The smallest absolute Gasteiger partial charge is 0.343 e. The van der Waals surface area contributed by atoms with E-state index in [4.69, 9.17) is 15.2 Å². The molecule has 0 saturated carbocycles. The van der Waals surface area contributed by atoms with E-state index in [0.29, 0.717) is 23.6 Å². The molecule has 2 aromatic carbocycles. The van der Waals surface area contributed by atoms with Crippen LogP contribution in [0, 0.1) is 0 Å². The summed E-state index contributed by atoms with van der Waals surface area (Å²) < 4.78 is 10.4. The highest BCUT2D eigenvalue weighted by Gasteiger charge is 2.12. The molecule has 5 nitrogen and oxygen atoms in total. The van der Waals surface area contributed by atoms with Gasteiger partial charge in [0.1, 0.15) is 5.75 Å². The number of phenolic OH excluding ortho intramolecular Hbond substituents is 1. The highest BCUT2D eigenvalue weighted by atomic mass is 16.6. The van der Waals surface area contributed by atoms with Crippen molar-refractivity contribution in [2.24, 2.45) is 5.73 Å². The van der Waals surface area contributed by atoms with Crippen LogP contribution in [0.2, 0.25) is 0 Å². The number of aromatic hydroxyl groups is 1. The zero-order chi connectivity index (χ0) is 14.5. The Kier molecular flexibility index (Phi) is 4.22. The van der Waals surface area contributed by atoms with Gasteiger partial charge in [0.25, 0.3) is 0 Å². The van der Waals surface area contributed by atoms with Crippen molar-refractivity contribution in [3.63, 3.8) is 0 Å². The number of rotatable bonds is 4. The van der Waals surface area contributed by atoms with Crippen molar-refractivity contribution < 1.29 is 19.4 Å². The van der Waals surface area contributed by atoms with Gasteiger partial charge in [-0.3, -0.25) is 0 Å².